The highest BCUT2D eigenvalue weighted by atomic mass is 16.3. The highest BCUT2D eigenvalue weighted by Crippen LogP contribution is 2.43. The predicted molar refractivity (Wildman–Crippen MR) is 111 cm³/mol. The van der Waals surface area contributed by atoms with Gasteiger partial charge in [0.25, 0.3) is 0 Å². The summed E-state index contributed by atoms with van der Waals surface area (Å²) in [6.45, 7) is 19.0. The van der Waals surface area contributed by atoms with E-state index in [9.17, 15) is 10.2 Å². The van der Waals surface area contributed by atoms with Gasteiger partial charge in [0, 0.05) is 11.1 Å². The van der Waals surface area contributed by atoms with E-state index < -0.39 is 0 Å². The Morgan fingerprint density at radius 2 is 0.923 bits per heavy atom. The molecule has 142 valence electrons. The first-order valence-corrected chi connectivity index (χ1v) is 9.34. The summed E-state index contributed by atoms with van der Waals surface area (Å²) in [7, 11) is 0. The molecule has 0 saturated heterocycles. The Kier molecular flexibility index (Phi) is 4.96. The van der Waals surface area contributed by atoms with Crippen LogP contribution in [0.2, 0.25) is 0 Å². The van der Waals surface area contributed by atoms with Crippen molar-refractivity contribution in [3.8, 4) is 22.6 Å². The van der Waals surface area contributed by atoms with Crippen LogP contribution in [0, 0.1) is 0 Å². The van der Waals surface area contributed by atoms with Gasteiger partial charge in [-0.2, -0.15) is 0 Å². The zero-order chi connectivity index (χ0) is 20.1. The largest absolute Gasteiger partial charge is 0.508 e. The third kappa shape index (κ3) is 4.06. The molecule has 2 rings (SSSR count). The second-order valence-electron chi connectivity index (χ2n) is 10.4. The fourth-order valence-electron chi connectivity index (χ4n) is 3.26. The Morgan fingerprint density at radius 1 is 0.538 bits per heavy atom. The quantitative estimate of drug-likeness (QED) is 0.601. The van der Waals surface area contributed by atoms with Crippen molar-refractivity contribution < 1.29 is 10.2 Å². The van der Waals surface area contributed by atoms with Crippen LogP contribution in [0.1, 0.15) is 79.0 Å². The zero-order valence-electron chi connectivity index (χ0n) is 17.8. The van der Waals surface area contributed by atoms with E-state index in [0.717, 1.165) is 27.8 Å². The van der Waals surface area contributed by atoms with Crippen LogP contribution in [-0.4, -0.2) is 10.2 Å². The third-order valence-corrected chi connectivity index (χ3v) is 4.86. The van der Waals surface area contributed by atoms with Crippen molar-refractivity contribution in [2.24, 2.45) is 0 Å². The maximum atomic E-state index is 10.9. The lowest BCUT2D eigenvalue weighted by molar-refractivity contribution is 0.423. The van der Waals surface area contributed by atoms with Crippen molar-refractivity contribution in [1.29, 1.82) is 0 Å². The van der Waals surface area contributed by atoms with Gasteiger partial charge in [0.2, 0.25) is 0 Å². The summed E-state index contributed by atoms with van der Waals surface area (Å²) in [6, 6.07) is 9.97. The van der Waals surface area contributed by atoms with Crippen molar-refractivity contribution in [2.45, 2.75) is 78.6 Å². The highest BCUT2D eigenvalue weighted by Gasteiger charge is 2.27. The van der Waals surface area contributed by atoms with Gasteiger partial charge in [-0.3, -0.25) is 0 Å². The van der Waals surface area contributed by atoms with E-state index in [0.29, 0.717) is 11.5 Å². The molecule has 0 radical (unpaired) electrons. The van der Waals surface area contributed by atoms with Gasteiger partial charge in [-0.05, 0) is 57.2 Å². The second kappa shape index (κ2) is 6.33. The first-order chi connectivity index (χ1) is 11.6. The van der Waals surface area contributed by atoms with Crippen molar-refractivity contribution in [1.82, 2.24) is 0 Å². The van der Waals surface area contributed by atoms with Gasteiger partial charge in [-0.25, -0.2) is 0 Å². The van der Waals surface area contributed by atoms with Gasteiger partial charge in [0.1, 0.15) is 11.5 Å². The van der Waals surface area contributed by atoms with E-state index in [1.54, 1.807) is 6.07 Å². The molecule has 0 spiro atoms. The Bertz CT molecular complexity index is 775. The molecule has 2 nitrogen and oxygen atoms in total. The zero-order valence-corrected chi connectivity index (χ0v) is 17.8. The van der Waals surface area contributed by atoms with Gasteiger partial charge in [-0.1, -0.05) is 68.4 Å². The standard InChI is InChI=1S/C24H34O2/c1-22(2,3)17-12-15(10-11-20(17)25)16-13-18(23(4,5)6)21(26)19(14-16)24(7,8)9/h10-14,25-26H,1-9H3. The van der Waals surface area contributed by atoms with Crippen LogP contribution >= 0.6 is 0 Å². The molecule has 0 heterocycles. The first kappa shape index (κ1) is 20.4. The molecule has 0 bridgehead atoms. The molecule has 0 atom stereocenters. The first-order valence-electron chi connectivity index (χ1n) is 9.34. The number of rotatable bonds is 1. The van der Waals surface area contributed by atoms with Gasteiger partial charge in [0.05, 0.1) is 0 Å². The fourth-order valence-corrected chi connectivity index (χ4v) is 3.26. The average Bonchev–Trinajstić information content (AvgIpc) is 2.44. The summed E-state index contributed by atoms with van der Waals surface area (Å²) in [6.07, 6.45) is 0. The summed E-state index contributed by atoms with van der Waals surface area (Å²) < 4.78 is 0. The minimum absolute atomic E-state index is 0.142. The molecule has 26 heavy (non-hydrogen) atoms. The molecule has 2 N–H and O–H groups in total. The Hall–Kier alpha value is -1.96. The topological polar surface area (TPSA) is 40.5 Å². The van der Waals surface area contributed by atoms with Crippen LogP contribution in [0.5, 0.6) is 11.5 Å². The fraction of sp³-hybridized carbons (Fsp3) is 0.500. The molecule has 0 amide bonds. The predicted octanol–water partition coefficient (Wildman–Crippen LogP) is 6.66. The molecular formula is C24H34O2. The number of aromatic hydroxyl groups is 2. The summed E-state index contributed by atoms with van der Waals surface area (Å²) in [5.74, 6) is 0.718. The number of benzene rings is 2. The van der Waals surface area contributed by atoms with E-state index in [1.807, 2.05) is 6.07 Å². The lowest BCUT2D eigenvalue weighted by atomic mass is 9.77. The molecule has 0 fully saturated rings. The van der Waals surface area contributed by atoms with Gasteiger partial charge >= 0.3 is 0 Å². The maximum absolute atomic E-state index is 10.9. The minimum Gasteiger partial charge on any atom is -0.508 e. The third-order valence-electron chi connectivity index (χ3n) is 4.86. The summed E-state index contributed by atoms with van der Waals surface area (Å²) in [4.78, 5) is 0. The molecule has 0 aliphatic carbocycles. The summed E-state index contributed by atoms with van der Waals surface area (Å²) in [5, 5.41) is 21.2. The van der Waals surface area contributed by atoms with Crippen LogP contribution in [0.4, 0.5) is 0 Å². The van der Waals surface area contributed by atoms with E-state index in [2.05, 4.69) is 80.5 Å². The van der Waals surface area contributed by atoms with E-state index in [4.69, 9.17) is 0 Å². The number of phenolic OH excluding ortho intramolecular Hbond substituents is 2. The van der Waals surface area contributed by atoms with E-state index in [1.165, 1.54) is 0 Å². The molecule has 2 heteroatoms. The minimum atomic E-state index is -0.163. The van der Waals surface area contributed by atoms with Crippen LogP contribution in [0.15, 0.2) is 30.3 Å². The number of hydrogen-bond donors (Lipinski definition) is 2. The van der Waals surface area contributed by atoms with Crippen LogP contribution in [-0.2, 0) is 16.2 Å². The van der Waals surface area contributed by atoms with Crippen molar-refractivity contribution >= 4 is 0 Å². The van der Waals surface area contributed by atoms with Gasteiger partial charge < -0.3 is 10.2 Å². The SMILES string of the molecule is CC(C)(C)c1cc(-c2cc(C(C)(C)C)c(O)c(C(C)(C)C)c2)ccc1O. The van der Waals surface area contributed by atoms with Gasteiger partial charge in [-0.15, -0.1) is 0 Å². The molecule has 2 aromatic carbocycles. The molecule has 0 aliphatic rings. The molecule has 0 saturated carbocycles. The van der Waals surface area contributed by atoms with Crippen molar-refractivity contribution in [2.75, 3.05) is 0 Å². The molecule has 0 unspecified atom stereocenters. The van der Waals surface area contributed by atoms with Crippen molar-refractivity contribution in [3.63, 3.8) is 0 Å². The van der Waals surface area contributed by atoms with Crippen LogP contribution in [0.25, 0.3) is 11.1 Å². The van der Waals surface area contributed by atoms with Gasteiger partial charge in [0.15, 0.2) is 0 Å². The molecular weight excluding hydrogens is 320 g/mol. The second-order valence-corrected chi connectivity index (χ2v) is 10.4. The number of hydrogen-bond acceptors (Lipinski definition) is 2. The average molecular weight is 355 g/mol. The van der Waals surface area contributed by atoms with E-state index >= 15 is 0 Å². The van der Waals surface area contributed by atoms with Crippen LogP contribution < -0.4 is 0 Å². The summed E-state index contributed by atoms with van der Waals surface area (Å²) in [5.41, 5.74) is 4.49. The summed E-state index contributed by atoms with van der Waals surface area (Å²) >= 11 is 0. The lowest BCUT2D eigenvalue weighted by Crippen LogP contribution is -2.17. The Morgan fingerprint density at radius 3 is 1.31 bits per heavy atom. The Labute approximate surface area is 158 Å². The van der Waals surface area contributed by atoms with Crippen molar-refractivity contribution in [3.05, 3.63) is 47.0 Å². The smallest absolute Gasteiger partial charge is 0.123 e. The molecule has 0 aromatic heterocycles. The number of phenols is 2. The Balaban J connectivity index is 2.79. The highest BCUT2D eigenvalue weighted by molar-refractivity contribution is 5.71. The molecule has 2 aromatic rings. The normalized spacial score (nSPS) is 13.1. The lowest BCUT2D eigenvalue weighted by Gasteiger charge is -2.28. The monoisotopic (exact) mass is 354 g/mol. The van der Waals surface area contributed by atoms with Crippen LogP contribution in [0.3, 0.4) is 0 Å². The van der Waals surface area contributed by atoms with E-state index in [-0.39, 0.29) is 16.2 Å². The molecule has 0 aliphatic heterocycles. The maximum Gasteiger partial charge on any atom is 0.123 e.